The minimum Gasteiger partial charge on any atom is -0.496 e. The molecule has 0 bridgehead atoms. The topological polar surface area (TPSA) is 9.23 Å². The fourth-order valence-electron chi connectivity index (χ4n) is 2.07. The Morgan fingerprint density at radius 3 is 2.29 bits per heavy atom. The maximum atomic E-state index is 5.62. The van der Waals surface area contributed by atoms with Crippen LogP contribution in [0.1, 0.15) is 19.4 Å². The number of hydrogen-bond acceptors (Lipinski definition) is 1. The highest BCUT2D eigenvalue weighted by atomic mass is 16.5. The number of benzene rings is 2. The lowest BCUT2D eigenvalue weighted by Crippen LogP contribution is -2.14. The van der Waals surface area contributed by atoms with Crippen molar-refractivity contribution in [3.8, 4) is 18.1 Å². The van der Waals surface area contributed by atoms with Crippen molar-refractivity contribution < 1.29 is 4.74 Å². The zero-order chi connectivity index (χ0) is 12.5. The molecule has 2 rings (SSSR count). The summed E-state index contributed by atoms with van der Waals surface area (Å²) in [7, 11) is 1.69. The molecule has 0 aliphatic rings. The Kier molecular flexibility index (Phi) is 2.81. The molecule has 0 aromatic heterocycles. The van der Waals surface area contributed by atoms with E-state index in [9.17, 15) is 0 Å². The van der Waals surface area contributed by atoms with Crippen LogP contribution in [0.2, 0.25) is 0 Å². The summed E-state index contributed by atoms with van der Waals surface area (Å²) in [4.78, 5) is 0. The number of fused-ring (bicyclic) bond motifs is 1. The number of rotatable bonds is 2. The van der Waals surface area contributed by atoms with Gasteiger partial charge in [0.2, 0.25) is 0 Å². The predicted molar refractivity (Wildman–Crippen MR) is 72.4 cm³/mol. The highest BCUT2D eigenvalue weighted by Crippen LogP contribution is 2.34. The van der Waals surface area contributed by atoms with E-state index in [1.54, 1.807) is 7.11 Å². The van der Waals surface area contributed by atoms with E-state index in [4.69, 9.17) is 11.2 Å². The van der Waals surface area contributed by atoms with Gasteiger partial charge in [-0.1, -0.05) is 36.3 Å². The zero-order valence-electron chi connectivity index (χ0n) is 10.4. The van der Waals surface area contributed by atoms with Crippen molar-refractivity contribution in [1.29, 1.82) is 0 Å². The third-order valence-corrected chi connectivity index (χ3v) is 3.14. The van der Waals surface area contributed by atoms with Gasteiger partial charge < -0.3 is 4.74 Å². The predicted octanol–water partition coefficient (Wildman–Crippen LogP) is 3.76. The average molecular weight is 224 g/mol. The van der Waals surface area contributed by atoms with Crippen LogP contribution < -0.4 is 4.74 Å². The van der Waals surface area contributed by atoms with E-state index in [-0.39, 0.29) is 5.41 Å². The Hall–Kier alpha value is -1.94. The van der Waals surface area contributed by atoms with Gasteiger partial charge in [0.15, 0.2) is 0 Å². The van der Waals surface area contributed by atoms with Gasteiger partial charge in [0.05, 0.1) is 12.5 Å². The molecule has 0 radical (unpaired) electrons. The summed E-state index contributed by atoms with van der Waals surface area (Å²) < 4.78 is 5.38. The maximum Gasteiger partial charge on any atom is 0.126 e. The van der Waals surface area contributed by atoms with E-state index < -0.39 is 0 Å². The van der Waals surface area contributed by atoms with E-state index in [1.807, 2.05) is 18.2 Å². The lowest BCUT2D eigenvalue weighted by Gasteiger charge is -2.21. The van der Waals surface area contributed by atoms with Gasteiger partial charge in [-0.05, 0) is 30.9 Å². The molecule has 86 valence electrons. The van der Waals surface area contributed by atoms with Crippen molar-refractivity contribution in [3.05, 3.63) is 42.0 Å². The zero-order valence-corrected chi connectivity index (χ0v) is 10.4. The molecular formula is C16H16O. The van der Waals surface area contributed by atoms with Gasteiger partial charge in [-0.2, -0.15) is 0 Å². The highest BCUT2D eigenvalue weighted by molar-refractivity contribution is 5.92. The monoisotopic (exact) mass is 224 g/mol. The van der Waals surface area contributed by atoms with Gasteiger partial charge in [-0.25, -0.2) is 0 Å². The summed E-state index contributed by atoms with van der Waals surface area (Å²) in [5.74, 6) is 3.73. The molecular weight excluding hydrogens is 208 g/mol. The van der Waals surface area contributed by atoms with Crippen molar-refractivity contribution in [3.63, 3.8) is 0 Å². The van der Waals surface area contributed by atoms with E-state index >= 15 is 0 Å². The lowest BCUT2D eigenvalue weighted by molar-refractivity contribution is 0.419. The molecule has 0 saturated carbocycles. The van der Waals surface area contributed by atoms with Crippen LogP contribution in [0.5, 0.6) is 5.75 Å². The van der Waals surface area contributed by atoms with E-state index in [0.717, 1.165) is 22.1 Å². The maximum absolute atomic E-state index is 5.62. The van der Waals surface area contributed by atoms with Crippen molar-refractivity contribution in [2.24, 2.45) is 0 Å². The molecule has 0 heterocycles. The number of hydrogen-bond donors (Lipinski definition) is 0. The van der Waals surface area contributed by atoms with Crippen LogP contribution >= 0.6 is 0 Å². The van der Waals surface area contributed by atoms with Crippen LogP contribution in [-0.2, 0) is 5.41 Å². The first-order valence-electron chi connectivity index (χ1n) is 5.64. The smallest absolute Gasteiger partial charge is 0.126 e. The normalized spacial score (nSPS) is 11.2. The largest absolute Gasteiger partial charge is 0.496 e. The van der Waals surface area contributed by atoms with Crippen LogP contribution in [-0.4, -0.2) is 7.11 Å². The molecule has 0 atom stereocenters. The Balaban J connectivity index is 2.81. The van der Waals surface area contributed by atoms with Gasteiger partial charge in [0.1, 0.15) is 5.75 Å². The molecule has 0 aliphatic heterocycles. The lowest BCUT2D eigenvalue weighted by atomic mass is 9.82. The van der Waals surface area contributed by atoms with Crippen LogP contribution in [0.25, 0.3) is 10.8 Å². The fraction of sp³-hybridized carbons (Fsp3) is 0.250. The molecule has 1 nitrogen and oxygen atoms in total. The Bertz CT molecular complexity index is 588. The first-order valence-corrected chi connectivity index (χ1v) is 5.64. The van der Waals surface area contributed by atoms with Crippen LogP contribution in [0.15, 0.2) is 36.4 Å². The Morgan fingerprint density at radius 2 is 1.71 bits per heavy atom. The van der Waals surface area contributed by atoms with Gasteiger partial charge in [0, 0.05) is 5.39 Å². The van der Waals surface area contributed by atoms with Crippen molar-refractivity contribution >= 4 is 10.8 Å². The second kappa shape index (κ2) is 4.14. The first kappa shape index (κ1) is 11.5. The second-order valence-corrected chi connectivity index (χ2v) is 4.63. The van der Waals surface area contributed by atoms with Gasteiger partial charge in [0.25, 0.3) is 0 Å². The summed E-state index contributed by atoms with van der Waals surface area (Å²) in [6, 6.07) is 12.2. The summed E-state index contributed by atoms with van der Waals surface area (Å²) in [6.07, 6.45) is 5.62. The molecule has 0 N–H and O–H groups in total. The Morgan fingerprint density at radius 1 is 1.06 bits per heavy atom. The summed E-state index contributed by atoms with van der Waals surface area (Å²) >= 11 is 0. The third kappa shape index (κ3) is 1.87. The summed E-state index contributed by atoms with van der Waals surface area (Å²) in [5.41, 5.74) is 0.891. The number of ether oxygens (including phenoxy) is 1. The molecule has 0 fully saturated rings. The van der Waals surface area contributed by atoms with Crippen molar-refractivity contribution in [1.82, 2.24) is 0 Å². The second-order valence-electron chi connectivity index (χ2n) is 4.63. The molecule has 0 amide bonds. The molecule has 2 aromatic rings. The molecule has 1 heteroatoms. The molecule has 0 spiro atoms. The van der Waals surface area contributed by atoms with Crippen molar-refractivity contribution in [2.75, 3.05) is 7.11 Å². The van der Waals surface area contributed by atoms with E-state index in [0.29, 0.717) is 0 Å². The van der Waals surface area contributed by atoms with Gasteiger partial charge >= 0.3 is 0 Å². The molecule has 0 unspecified atom stereocenters. The standard InChI is InChI=1S/C16H16O/c1-5-16(2,3)14-10-11-15(17-4)13-9-7-6-8-12(13)14/h1,6-11H,2-4H3. The first-order chi connectivity index (χ1) is 8.10. The van der Waals surface area contributed by atoms with E-state index in [1.165, 1.54) is 0 Å². The molecule has 17 heavy (non-hydrogen) atoms. The molecule has 0 saturated heterocycles. The van der Waals surface area contributed by atoms with Crippen molar-refractivity contribution in [2.45, 2.75) is 19.3 Å². The highest BCUT2D eigenvalue weighted by Gasteiger charge is 2.20. The summed E-state index contributed by atoms with van der Waals surface area (Å²) in [6.45, 7) is 4.11. The van der Waals surface area contributed by atoms with Gasteiger partial charge in [-0.15, -0.1) is 6.42 Å². The average Bonchev–Trinajstić information content (AvgIpc) is 2.37. The Labute approximate surface area is 102 Å². The van der Waals surface area contributed by atoms with Gasteiger partial charge in [-0.3, -0.25) is 0 Å². The van der Waals surface area contributed by atoms with E-state index in [2.05, 4.69) is 38.0 Å². The van der Waals surface area contributed by atoms with Crippen LogP contribution in [0.3, 0.4) is 0 Å². The quantitative estimate of drug-likeness (QED) is 0.706. The minimum absolute atomic E-state index is 0.272. The minimum atomic E-state index is -0.272. The summed E-state index contributed by atoms with van der Waals surface area (Å²) in [5, 5.41) is 2.27. The fourth-order valence-corrected chi connectivity index (χ4v) is 2.07. The van der Waals surface area contributed by atoms with Crippen LogP contribution in [0, 0.1) is 12.3 Å². The number of methoxy groups -OCH3 is 1. The molecule has 2 aromatic carbocycles. The SMILES string of the molecule is C#CC(C)(C)c1ccc(OC)c2ccccc12. The molecule has 0 aliphatic carbocycles. The van der Waals surface area contributed by atoms with Crippen LogP contribution in [0.4, 0.5) is 0 Å². The third-order valence-electron chi connectivity index (χ3n) is 3.14. The number of terminal acetylenes is 1.